The fourth-order valence-electron chi connectivity index (χ4n) is 4.64. The average Bonchev–Trinajstić information content (AvgIpc) is 2.92. The van der Waals surface area contributed by atoms with Gasteiger partial charge in [-0.15, -0.1) is 0 Å². The predicted octanol–water partition coefficient (Wildman–Crippen LogP) is 4.71. The van der Waals surface area contributed by atoms with Crippen molar-refractivity contribution in [1.29, 1.82) is 0 Å². The van der Waals surface area contributed by atoms with E-state index in [0.717, 1.165) is 37.1 Å². The van der Waals surface area contributed by atoms with E-state index in [1.54, 1.807) is 19.3 Å². The Kier molecular flexibility index (Phi) is 9.87. The number of hydrogen-bond acceptors (Lipinski definition) is 7. The Hall–Kier alpha value is -3.88. The Morgan fingerprint density at radius 2 is 1.76 bits per heavy atom. The Morgan fingerprint density at radius 3 is 2.32 bits per heavy atom. The van der Waals surface area contributed by atoms with Crippen LogP contribution in [0.4, 0.5) is 11.8 Å². The van der Waals surface area contributed by atoms with Gasteiger partial charge in [0.2, 0.25) is 5.95 Å². The number of nitrogens with zero attached hydrogens (tertiary/aromatic N) is 4. The molecule has 0 aliphatic heterocycles. The fourth-order valence-corrected chi connectivity index (χ4v) is 4.64. The summed E-state index contributed by atoms with van der Waals surface area (Å²) in [5.41, 5.74) is 2.77. The first-order chi connectivity index (χ1) is 18.3. The van der Waals surface area contributed by atoms with Crippen molar-refractivity contribution in [3.8, 4) is 16.9 Å². The van der Waals surface area contributed by atoms with Crippen LogP contribution in [0.3, 0.4) is 0 Å². The summed E-state index contributed by atoms with van der Waals surface area (Å²) in [6.45, 7) is 9.82. The molecule has 1 atom stereocenters. The summed E-state index contributed by atoms with van der Waals surface area (Å²) >= 11 is 0. The fraction of sp³-hybridized carbons (Fsp3) is 0.448. The van der Waals surface area contributed by atoms with Crippen LogP contribution in [0.1, 0.15) is 57.6 Å². The van der Waals surface area contributed by atoms with Crippen LogP contribution in [0.15, 0.2) is 47.5 Å². The minimum absolute atomic E-state index is 0.163. The third kappa shape index (κ3) is 6.33. The molecule has 2 N–H and O–H groups in total. The lowest BCUT2D eigenvalue weighted by atomic mass is 9.95. The first-order valence-corrected chi connectivity index (χ1v) is 13.2. The Morgan fingerprint density at radius 1 is 1.11 bits per heavy atom. The third-order valence-corrected chi connectivity index (χ3v) is 7.02. The number of pyridine rings is 1. The molecule has 1 aromatic carbocycles. The summed E-state index contributed by atoms with van der Waals surface area (Å²) in [5.74, 6) is 0.899. The number of aryl methyl sites for hydroxylation is 1. The van der Waals surface area contributed by atoms with Crippen LogP contribution in [0.5, 0.6) is 5.75 Å². The van der Waals surface area contributed by atoms with Crippen molar-refractivity contribution in [1.82, 2.24) is 14.5 Å². The lowest BCUT2D eigenvalue weighted by Crippen LogP contribution is -2.33. The van der Waals surface area contributed by atoms with E-state index < -0.39 is 12.0 Å². The number of ether oxygens (including phenoxy) is 1. The Bertz CT molecular complexity index is 1280. The minimum atomic E-state index is -0.967. The van der Waals surface area contributed by atoms with Crippen LogP contribution in [-0.2, 0) is 18.3 Å². The van der Waals surface area contributed by atoms with Crippen LogP contribution in [0.25, 0.3) is 11.1 Å². The molecule has 38 heavy (non-hydrogen) atoms. The molecule has 2 heterocycles. The first-order valence-electron chi connectivity index (χ1n) is 13.2. The molecule has 3 rings (SSSR count). The number of nitrogens with one attached hydrogen (secondary N) is 1. The van der Waals surface area contributed by atoms with Gasteiger partial charge >= 0.3 is 5.97 Å². The highest BCUT2D eigenvalue weighted by Crippen LogP contribution is 2.30. The zero-order chi connectivity index (χ0) is 27.8. The highest BCUT2D eigenvalue weighted by Gasteiger charge is 2.24. The van der Waals surface area contributed by atoms with Gasteiger partial charge in [-0.05, 0) is 49.8 Å². The number of hydrogen-bond donors (Lipinski definition) is 2. The average molecular weight is 522 g/mol. The van der Waals surface area contributed by atoms with Gasteiger partial charge in [0.15, 0.2) is 0 Å². The quantitative estimate of drug-likeness (QED) is 0.333. The van der Waals surface area contributed by atoms with E-state index in [-0.39, 0.29) is 17.9 Å². The van der Waals surface area contributed by atoms with Crippen LogP contribution in [0.2, 0.25) is 0 Å². The third-order valence-electron chi connectivity index (χ3n) is 7.02. The zero-order valence-corrected chi connectivity index (χ0v) is 23.2. The van der Waals surface area contributed by atoms with Gasteiger partial charge in [-0.1, -0.05) is 38.1 Å². The molecular weight excluding hydrogens is 482 g/mol. The lowest BCUT2D eigenvalue weighted by Gasteiger charge is -2.24. The van der Waals surface area contributed by atoms with Crippen LogP contribution in [0, 0.1) is 0 Å². The van der Waals surface area contributed by atoms with E-state index in [2.05, 4.69) is 24.1 Å². The number of carboxylic acid groups (broad SMARTS) is 1. The monoisotopic (exact) mass is 521 g/mol. The molecule has 0 amide bonds. The highest BCUT2D eigenvalue weighted by atomic mass is 16.5. The van der Waals surface area contributed by atoms with Crippen LogP contribution < -0.4 is 20.5 Å². The minimum Gasteiger partial charge on any atom is -0.496 e. The molecule has 0 spiro atoms. The number of benzene rings is 1. The van der Waals surface area contributed by atoms with Gasteiger partial charge in [-0.3, -0.25) is 4.79 Å². The molecule has 0 fully saturated rings. The van der Waals surface area contributed by atoms with Gasteiger partial charge in [0, 0.05) is 44.5 Å². The van der Waals surface area contributed by atoms with E-state index in [1.807, 2.05) is 49.2 Å². The van der Waals surface area contributed by atoms with Crippen molar-refractivity contribution in [3.05, 3.63) is 64.2 Å². The lowest BCUT2D eigenvalue weighted by molar-refractivity contribution is -0.137. The van der Waals surface area contributed by atoms with Crippen LogP contribution in [-0.4, -0.2) is 51.9 Å². The number of rotatable bonds is 13. The molecule has 0 aliphatic rings. The molecule has 3 aromatic rings. The molecule has 0 saturated heterocycles. The maximum Gasteiger partial charge on any atom is 0.326 e. The van der Waals surface area contributed by atoms with Crippen molar-refractivity contribution in [2.24, 2.45) is 7.05 Å². The molecular formula is C29H39N5O4. The SMILES string of the molecule is CCC(CC)c1cnc(N(CC)CC)nc1N[C@@H](Cc1ccc(-c2c(OC)ccn(C)c2=O)cc1)C(=O)O. The largest absolute Gasteiger partial charge is 0.496 e. The molecule has 0 saturated carbocycles. The van der Waals surface area contributed by atoms with Crippen molar-refractivity contribution >= 4 is 17.7 Å². The molecule has 204 valence electrons. The van der Waals surface area contributed by atoms with Gasteiger partial charge in [-0.25, -0.2) is 9.78 Å². The van der Waals surface area contributed by atoms with Gasteiger partial charge < -0.3 is 24.6 Å². The second kappa shape index (κ2) is 13.1. The van der Waals surface area contributed by atoms with E-state index >= 15 is 0 Å². The smallest absolute Gasteiger partial charge is 0.326 e. The molecule has 0 aliphatic carbocycles. The van der Waals surface area contributed by atoms with E-state index in [4.69, 9.17) is 9.72 Å². The maximum absolute atomic E-state index is 12.7. The molecule has 2 aromatic heterocycles. The Balaban J connectivity index is 1.93. The maximum atomic E-state index is 12.7. The summed E-state index contributed by atoms with van der Waals surface area (Å²) in [7, 11) is 3.22. The van der Waals surface area contributed by atoms with E-state index in [9.17, 15) is 14.7 Å². The number of carbonyl (C=O) groups is 1. The van der Waals surface area contributed by atoms with E-state index in [0.29, 0.717) is 28.6 Å². The van der Waals surface area contributed by atoms with Crippen molar-refractivity contribution in [3.63, 3.8) is 0 Å². The number of aliphatic carboxylic acids is 1. The van der Waals surface area contributed by atoms with Crippen molar-refractivity contribution < 1.29 is 14.6 Å². The second-order valence-corrected chi connectivity index (χ2v) is 9.27. The number of anilines is 2. The summed E-state index contributed by atoms with van der Waals surface area (Å²) in [5, 5.41) is 13.3. The molecule has 9 heteroatoms. The number of aromatic nitrogens is 3. The molecule has 0 unspecified atom stereocenters. The van der Waals surface area contributed by atoms with Gasteiger partial charge in [0.05, 0.1) is 12.7 Å². The topological polar surface area (TPSA) is 110 Å². The Labute approximate surface area is 224 Å². The predicted molar refractivity (Wildman–Crippen MR) is 151 cm³/mol. The first kappa shape index (κ1) is 28.7. The summed E-state index contributed by atoms with van der Waals surface area (Å²) in [6.07, 6.45) is 5.55. The summed E-state index contributed by atoms with van der Waals surface area (Å²) < 4.78 is 6.90. The van der Waals surface area contributed by atoms with Gasteiger partial charge in [0.25, 0.3) is 5.56 Å². The zero-order valence-electron chi connectivity index (χ0n) is 23.2. The van der Waals surface area contributed by atoms with E-state index in [1.165, 1.54) is 11.7 Å². The summed E-state index contributed by atoms with van der Waals surface area (Å²) in [4.78, 5) is 36.5. The molecule has 0 bridgehead atoms. The number of methoxy groups -OCH3 is 1. The molecule has 0 radical (unpaired) electrons. The number of carboxylic acids is 1. The van der Waals surface area contributed by atoms with Gasteiger partial charge in [-0.2, -0.15) is 4.98 Å². The standard InChI is InChI=1S/C29H39N5O4/c1-7-20(8-2)22-18-30-29(34(9-3)10-4)32-26(22)31-23(28(36)37)17-19-11-13-21(14-12-19)25-24(38-6)15-16-33(5)27(25)35/h11-16,18,20,23H,7-10,17H2,1-6H3,(H,36,37)(H,30,31,32)/t23-/m0/s1. The normalized spacial score (nSPS) is 11.9. The van der Waals surface area contributed by atoms with Crippen molar-refractivity contribution in [2.45, 2.75) is 58.9 Å². The van der Waals surface area contributed by atoms with Gasteiger partial charge in [0.1, 0.15) is 17.6 Å². The molecule has 9 nitrogen and oxygen atoms in total. The highest BCUT2D eigenvalue weighted by molar-refractivity contribution is 5.78. The van der Waals surface area contributed by atoms with Crippen molar-refractivity contribution in [2.75, 3.05) is 30.4 Å². The van der Waals surface area contributed by atoms with Crippen LogP contribution >= 0.6 is 0 Å². The summed E-state index contributed by atoms with van der Waals surface area (Å²) in [6, 6.07) is 8.20. The second-order valence-electron chi connectivity index (χ2n) is 9.27.